The number of benzene rings is 4. The molecule has 5 rings (SSSR count). The molecule has 1 aromatic heterocycles. The number of carboxylic acid groups (broad SMARTS) is 3. The lowest BCUT2D eigenvalue weighted by Crippen LogP contribution is -2.61. The quantitative estimate of drug-likeness (QED) is 0.0320. The molecule has 0 radical (unpaired) electrons. The van der Waals surface area contributed by atoms with Gasteiger partial charge in [0.05, 0.1) is 19.4 Å². The topological polar surface area (TPSA) is 389 Å². The maximum absolute atomic E-state index is 14.3. The highest BCUT2D eigenvalue weighted by Crippen LogP contribution is 2.20. The second-order valence-corrected chi connectivity index (χ2v) is 16.7. The zero-order chi connectivity index (χ0) is 52.5. The molecule has 0 aliphatic carbocycles. The van der Waals surface area contributed by atoms with Gasteiger partial charge in [0.2, 0.25) is 35.4 Å². The van der Waals surface area contributed by atoms with Crippen LogP contribution in [-0.2, 0) is 68.8 Å². The molecule has 380 valence electrons. The van der Waals surface area contributed by atoms with E-state index in [1.165, 1.54) is 48.5 Å². The number of para-hydroxylation sites is 1. The van der Waals surface area contributed by atoms with Crippen molar-refractivity contribution in [3.63, 3.8) is 0 Å². The standard InChI is InChI=1S/C49H54N8O15/c50-33(25-58)43(65)52-35(18-26-6-2-1-3-7-26)44(66)55-38(22-41(61)62)47(69)53-36(19-27-10-14-30(59)15-11-27)45(67)56-39(23-42(63)64)48(70)54-37(21-29-24-51-34-9-5-4-8-32(29)34)46(68)57-40(49(71)72)20-28-12-16-31(60)17-13-28/h1-17,24,33,35-40,51,58-60H,18-23,25,50H2,(H,52,65)(H,53,69)(H,54,70)(H,55,66)(H,56,67)(H,57,68)(H,61,62)(H,63,64)(H,71,72)/t33-,35-,36-,37-,38-,39-,40-/m0/s1. The number of phenols is 2. The van der Waals surface area contributed by atoms with E-state index >= 15 is 0 Å². The summed E-state index contributed by atoms with van der Waals surface area (Å²) in [7, 11) is 0. The lowest BCUT2D eigenvalue weighted by molar-refractivity contribution is -0.143. The first kappa shape index (κ1) is 54.1. The highest BCUT2D eigenvalue weighted by atomic mass is 16.4. The Bertz CT molecular complexity index is 2730. The third-order valence-electron chi connectivity index (χ3n) is 11.2. The SMILES string of the molecule is N[C@@H](CO)C(=O)N[C@@H](Cc1ccccc1)C(=O)N[C@@H](CC(=O)O)C(=O)N[C@@H](Cc1ccc(O)cc1)C(=O)N[C@@H](CC(=O)O)C(=O)N[C@@H](Cc1c[nH]c2ccccc12)C(=O)N[C@@H](Cc1ccc(O)cc1)C(=O)O. The summed E-state index contributed by atoms with van der Waals surface area (Å²) in [5.41, 5.74) is 8.03. The Morgan fingerprint density at radius 2 is 0.833 bits per heavy atom. The van der Waals surface area contributed by atoms with Crippen molar-refractivity contribution >= 4 is 64.3 Å². The molecule has 0 fully saturated rings. The summed E-state index contributed by atoms with van der Waals surface area (Å²) in [6.45, 7) is -0.786. The van der Waals surface area contributed by atoms with Crippen molar-refractivity contribution < 1.29 is 73.8 Å². The van der Waals surface area contributed by atoms with E-state index in [0.29, 0.717) is 27.6 Å². The van der Waals surface area contributed by atoms with Crippen LogP contribution in [-0.4, -0.2) is 138 Å². The molecule has 6 amide bonds. The number of H-pyrrole nitrogens is 1. The minimum atomic E-state index is -1.98. The van der Waals surface area contributed by atoms with Crippen molar-refractivity contribution in [1.82, 2.24) is 36.9 Å². The van der Waals surface area contributed by atoms with Crippen molar-refractivity contribution in [3.8, 4) is 11.5 Å². The summed E-state index contributed by atoms with van der Waals surface area (Å²) in [5.74, 6) is -11.6. The molecule has 0 aliphatic rings. The number of aliphatic carboxylic acids is 3. The van der Waals surface area contributed by atoms with Crippen molar-refractivity contribution in [2.75, 3.05) is 6.61 Å². The Morgan fingerprint density at radius 3 is 1.29 bits per heavy atom. The molecule has 5 aromatic rings. The van der Waals surface area contributed by atoms with E-state index in [1.807, 2.05) is 0 Å². The van der Waals surface area contributed by atoms with E-state index in [2.05, 4.69) is 36.9 Å². The van der Waals surface area contributed by atoms with Crippen LogP contribution in [0.1, 0.15) is 35.1 Å². The van der Waals surface area contributed by atoms with Gasteiger partial charge in [0, 0.05) is 42.8 Å². The molecule has 72 heavy (non-hydrogen) atoms. The smallest absolute Gasteiger partial charge is 0.326 e. The van der Waals surface area contributed by atoms with Gasteiger partial charge in [0.15, 0.2) is 0 Å². The summed E-state index contributed by atoms with van der Waals surface area (Å²) >= 11 is 0. The summed E-state index contributed by atoms with van der Waals surface area (Å²) in [4.78, 5) is 123. The molecule has 1 heterocycles. The lowest BCUT2D eigenvalue weighted by Gasteiger charge is -2.27. The predicted molar refractivity (Wildman–Crippen MR) is 255 cm³/mol. The van der Waals surface area contributed by atoms with Crippen LogP contribution in [0.15, 0.2) is 109 Å². The fourth-order valence-corrected chi connectivity index (χ4v) is 7.42. The van der Waals surface area contributed by atoms with Crippen molar-refractivity contribution in [3.05, 3.63) is 132 Å². The second kappa shape index (κ2) is 25.7. The molecule has 23 nitrogen and oxygen atoms in total. The van der Waals surface area contributed by atoms with Crippen molar-refractivity contribution in [2.24, 2.45) is 5.73 Å². The highest BCUT2D eigenvalue weighted by molar-refractivity contribution is 5.99. The normalized spacial score (nSPS) is 13.9. The monoisotopic (exact) mass is 994 g/mol. The number of hydrogen-bond acceptors (Lipinski definition) is 13. The molecule has 0 aliphatic heterocycles. The maximum atomic E-state index is 14.3. The molecule has 23 heteroatoms. The zero-order valence-electron chi connectivity index (χ0n) is 38.3. The molecular weight excluding hydrogens is 941 g/mol. The molecule has 15 N–H and O–H groups in total. The number of amides is 6. The first-order chi connectivity index (χ1) is 34.3. The molecule has 0 unspecified atom stereocenters. The number of aromatic nitrogens is 1. The number of phenolic OH excluding ortho intramolecular Hbond substituents is 2. The Kier molecular flexibility index (Phi) is 19.3. The Hall–Kier alpha value is -8.83. The average Bonchev–Trinajstić information content (AvgIpc) is 3.75. The molecule has 7 atom stereocenters. The Labute approximate surface area is 410 Å². The van der Waals surface area contributed by atoms with Crippen LogP contribution < -0.4 is 37.6 Å². The average molecular weight is 995 g/mol. The van der Waals surface area contributed by atoms with Crippen LogP contribution in [0.5, 0.6) is 11.5 Å². The van der Waals surface area contributed by atoms with E-state index in [0.717, 1.165) is 0 Å². The molecule has 0 spiro atoms. The summed E-state index contributed by atoms with van der Waals surface area (Å²) in [6, 6.07) is 14.2. The van der Waals surface area contributed by atoms with Crippen LogP contribution >= 0.6 is 0 Å². The predicted octanol–water partition coefficient (Wildman–Crippen LogP) is -0.888. The van der Waals surface area contributed by atoms with E-state index in [4.69, 9.17) is 5.73 Å². The lowest BCUT2D eigenvalue weighted by atomic mass is 10.0. The van der Waals surface area contributed by atoms with Crippen LogP contribution in [0.4, 0.5) is 0 Å². The Morgan fingerprint density at radius 1 is 0.458 bits per heavy atom. The summed E-state index contributed by atoms with van der Waals surface area (Å²) in [5, 5.41) is 73.7. The van der Waals surface area contributed by atoms with Crippen LogP contribution in [0.25, 0.3) is 10.9 Å². The van der Waals surface area contributed by atoms with Crippen molar-refractivity contribution in [2.45, 2.75) is 80.8 Å². The fraction of sp³-hybridized carbons (Fsp3) is 0.286. The first-order valence-electron chi connectivity index (χ1n) is 22.3. The zero-order valence-corrected chi connectivity index (χ0v) is 38.3. The van der Waals surface area contributed by atoms with Gasteiger partial charge in [-0.3, -0.25) is 38.4 Å². The van der Waals surface area contributed by atoms with Gasteiger partial charge in [-0.05, 0) is 52.6 Å². The van der Waals surface area contributed by atoms with Gasteiger partial charge in [0.1, 0.15) is 53.8 Å². The minimum Gasteiger partial charge on any atom is -0.508 e. The number of aliphatic hydroxyl groups excluding tert-OH is 1. The molecule has 4 aromatic carbocycles. The largest absolute Gasteiger partial charge is 0.508 e. The van der Waals surface area contributed by atoms with E-state index in [-0.39, 0.29) is 36.3 Å². The Balaban J connectivity index is 1.42. The number of fused-ring (bicyclic) bond motifs is 1. The van der Waals surface area contributed by atoms with Crippen LogP contribution in [0.3, 0.4) is 0 Å². The third-order valence-corrected chi connectivity index (χ3v) is 11.2. The van der Waals surface area contributed by atoms with Gasteiger partial charge < -0.3 is 73.3 Å². The fourth-order valence-electron chi connectivity index (χ4n) is 7.42. The number of carbonyl (C=O) groups excluding carboxylic acids is 6. The van der Waals surface area contributed by atoms with Crippen LogP contribution in [0, 0.1) is 0 Å². The third kappa shape index (κ3) is 16.1. The van der Waals surface area contributed by atoms with E-state index in [9.17, 15) is 73.8 Å². The van der Waals surface area contributed by atoms with Gasteiger partial charge in [-0.15, -0.1) is 0 Å². The number of carboxylic acids is 3. The molecule has 0 bridgehead atoms. The first-order valence-corrected chi connectivity index (χ1v) is 22.3. The van der Waals surface area contributed by atoms with Gasteiger partial charge >= 0.3 is 17.9 Å². The van der Waals surface area contributed by atoms with E-state index in [1.54, 1.807) is 60.8 Å². The number of aromatic amines is 1. The summed E-state index contributed by atoms with van der Waals surface area (Å²) < 4.78 is 0. The second-order valence-electron chi connectivity index (χ2n) is 16.7. The van der Waals surface area contributed by atoms with E-state index < -0.39 is 122 Å². The van der Waals surface area contributed by atoms with Crippen molar-refractivity contribution in [1.29, 1.82) is 0 Å². The molecule has 0 saturated carbocycles. The van der Waals surface area contributed by atoms with Gasteiger partial charge in [-0.1, -0.05) is 72.8 Å². The number of rotatable bonds is 26. The number of hydrogen-bond donors (Lipinski definition) is 14. The summed E-state index contributed by atoms with van der Waals surface area (Å²) in [6.07, 6.45) is -1.73. The number of aliphatic hydroxyl groups is 1. The highest BCUT2D eigenvalue weighted by Gasteiger charge is 2.36. The number of nitrogens with two attached hydrogens (primary N) is 1. The minimum absolute atomic E-state index is 0.0854. The number of carbonyl (C=O) groups is 9. The molecule has 0 saturated heterocycles. The number of aromatic hydroxyl groups is 2. The van der Waals surface area contributed by atoms with Crippen LogP contribution in [0.2, 0.25) is 0 Å². The molecular formula is C49H54N8O15. The van der Waals surface area contributed by atoms with Gasteiger partial charge in [-0.2, -0.15) is 0 Å². The maximum Gasteiger partial charge on any atom is 0.326 e. The number of nitrogens with one attached hydrogen (secondary N) is 7. The van der Waals surface area contributed by atoms with Gasteiger partial charge in [-0.25, -0.2) is 4.79 Å². The van der Waals surface area contributed by atoms with Gasteiger partial charge in [0.25, 0.3) is 0 Å².